The van der Waals surface area contributed by atoms with Crippen molar-refractivity contribution in [2.45, 2.75) is 26.5 Å². The molecular formula is C20H27N3O3. The molecule has 1 unspecified atom stereocenters. The molecule has 26 heavy (non-hydrogen) atoms. The van der Waals surface area contributed by atoms with Gasteiger partial charge in [-0.05, 0) is 43.7 Å². The quantitative estimate of drug-likeness (QED) is 0.525. The number of phenolic OH excluding ortho intramolecular Hbond substituents is 1. The van der Waals surface area contributed by atoms with Crippen LogP contribution < -0.4 is 20.1 Å². The predicted octanol–water partition coefficient (Wildman–Crippen LogP) is 2.84. The van der Waals surface area contributed by atoms with Gasteiger partial charge in [0.25, 0.3) is 0 Å². The molecule has 6 heteroatoms. The molecule has 6 nitrogen and oxygen atoms in total. The Labute approximate surface area is 154 Å². The lowest BCUT2D eigenvalue weighted by Gasteiger charge is -2.19. The van der Waals surface area contributed by atoms with Crippen LogP contribution in [-0.4, -0.2) is 37.9 Å². The Bertz CT molecular complexity index is 747. The number of rotatable bonds is 7. The Morgan fingerprint density at radius 2 is 1.96 bits per heavy atom. The number of guanidine groups is 1. The normalized spacial score (nSPS) is 12.4. The van der Waals surface area contributed by atoms with Crippen LogP contribution in [0.1, 0.15) is 18.1 Å². The van der Waals surface area contributed by atoms with Gasteiger partial charge >= 0.3 is 0 Å². The van der Waals surface area contributed by atoms with Gasteiger partial charge in [-0.25, -0.2) is 0 Å². The fraction of sp³-hybridized carbons (Fsp3) is 0.350. The molecule has 0 amide bonds. The lowest BCUT2D eigenvalue weighted by atomic mass is 10.2. The number of aromatic hydroxyl groups is 1. The number of methoxy groups -OCH3 is 1. The highest BCUT2D eigenvalue weighted by molar-refractivity contribution is 5.79. The SMILES string of the molecule is CN=C(NCc1cc(OC)ccc1O)NCC(C)Oc1ccccc1C. The fourth-order valence-corrected chi connectivity index (χ4v) is 2.42. The second-order valence-corrected chi connectivity index (χ2v) is 6.00. The summed E-state index contributed by atoms with van der Waals surface area (Å²) in [6.07, 6.45) is -0.0279. The average Bonchev–Trinajstić information content (AvgIpc) is 2.65. The summed E-state index contributed by atoms with van der Waals surface area (Å²) < 4.78 is 11.1. The van der Waals surface area contributed by atoms with Gasteiger partial charge < -0.3 is 25.2 Å². The van der Waals surface area contributed by atoms with Crippen molar-refractivity contribution >= 4 is 5.96 Å². The summed E-state index contributed by atoms with van der Waals surface area (Å²) in [4.78, 5) is 4.20. The molecule has 0 aliphatic carbocycles. The third-order valence-electron chi connectivity index (χ3n) is 3.94. The Morgan fingerprint density at radius 1 is 1.19 bits per heavy atom. The molecule has 0 fully saturated rings. The van der Waals surface area contributed by atoms with E-state index in [1.54, 1.807) is 32.4 Å². The Kier molecular flexibility index (Phi) is 7.14. The molecule has 3 N–H and O–H groups in total. The van der Waals surface area contributed by atoms with Crippen LogP contribution in [0.25, 0.3) is 0 Å². The fourth-order valence-electron chi connectivity index (χ4n) is 2.42. The number of aryl methyl sites for hydroxylation is 1. The monoisotopic (exact) mass is 357 g/mol. The van der Waals surface area contributed by atoms with E-state index in [0.29, 0.717) is 24.8 Å². The molecule has 0 saturated carbocycles. The smallest absolute Gasteiger partial charge is 0.191 e. The number of phenols is 1. The van der Waals surface area contributed by atoms with E-state index in [2.05, 4.69) is 15.6 Å². The van der Waals surface area contributed by atoms with Gasteiger partial charge in [0.2, 0.25) is 0 Å². The van der Waals surface area contributed by atoms with Crippen LogP contribution in [0.15, 0.2) is 47.5 Å². The molecule has 2 aromatic carbocycles. The second kappa shape index (κ2) is 9.56. The van der Waals surface area contributed by atoms with E-state index >= 15 is 0 Å². The molecule has 1 atom stereocenters. The Morgan fingerprint density at radius 3 is 2.65 bits per heavy atom. The van der Waals surface area contributed by atoms with Crippen LogP contribution >= 0.6 is 0 Å². The maximum atomic E-state index is 9.95. The summed E-state index contributed by atoms with van der Waals surface area (Å²) >= 11 is 0. The van der Waals surface area contributed by atoms with Gasteiger partial charge in [0.05, 0.1) is 13.7 Å². The van der Waals surface area contributed by atoms with Crippen molar-refractivity contribution in [2.75, 3.05) is 20.7 Å². The molecule has 0 heterocycles. The van der Waals surface area contributed by atoms with Crippen molar-refractivity contribution in [3.8, 4) is 17.2 Å². The summed E-state index contributed by atoms with van der Waals surface area (Å²) in [5.41, 5.74) is 1.84. The summed E-state index contributed by atoms with van der Waals surface area (Å²) in [5.74, 6) is 2.42. The largest absolute Gasteiger partial charge is 0.508 e. The molecule has 0 aliphatic rings. The van der Waals surface area contributed by atoms with E-state index in [9.17, 15) is 5.11 Å². The first-order chi connectivity index (χ1) is 12.5. The van der Waals surface area contributed by atoms with E-state index in [0.717, 1.165) is 16.9 Å². The van der Waals surface area contributed by atoms with Gasteiger partial charge in [-0.2, -0.15) is 0 Å². The number of nitrogens with zero attached hydrogens (tertiary/aromatic N) is 1. The first-order valence-electron chi connectivity index (χ1n) is 8.56. The van der Waals surface area contributed by atoms with Crippen molar-refractivity contribution in [2.24, 2.45) is 4.99 Å². The number of ether oxygens (including phenoxy) is 2. The van der Waals surface area contributed by atoms with Gasteiger partial charge in [0.15, 0.2) is 5.96 Å². The third kappa shape index (κ3) is 5.58. The minimum absolute atomic E-state index is 0.0279. The van der Waals surface area contributed by atoms with Crippen molar-refractivity contribution in [1.82, 2.24) is 10.6 Å². The number of para-hydroxylation sites is 1. The zero-order valence-corrected chi connectivity index (χ0v) is 15.7. The predicted molar refractivity (Wildman–Crippen MR) is 104 cm³/mol. The van der Waals surface area contributed by atoms with E-state index in [4.69, 9.17) is 9.47 Å². The van der Waals surface area contributed by atoms with E-state index < -0.39 is 0 Å². The van der Waals surface area contributed by atoms with E-state index in [1.165, 1.54) is 0 Å². The van der Waals surface area contributed by atoms with Crippen LogP contribution in [0.3, 0.4) is 0 Å². The maximum Gasteiger partial charge on any atom is 0.191 e. The van der Waals surface area contributed by atoms with Gasteiger partial charge in [0, 0.05) is 19.2 Å². The van der Waals surface area contributed by atoms with E-state index in [-0.39, 0.29) is 11.9 Å². The van der Waals surface area contributed by atoms with Crippen LogP contribution in [0.2, 0.25) is 0 Å². The van der Waals surface area contributed by atoms with Crippen LogP contribution in [0.4, 0.5) is 0 Å². The first-order valence-corrected chi connectivity index (χ1v) is 8.56. The number of aliphatic imine (C=N–C) groups is 1. The Balaban J connectivity index is 1.85. The summed E-state index contributed by atoms with van der Waals surface area (Å²) in [7, 11) is 3.30. The van der Waals surface area contributed by atoms with Crippen molar-refractivity contribution in [3.05, 3.63) is 53.6 Å². The highest BCUT2D eigenvalue weighted by atomic mass is 16.5. The molecule has 0 saturated heterocycles. The molecule has 2 rings (SSSR count). The highest BCUT2D eigenvalue weighted by Crippen LogP contribution is 2.22. The molecule has 0 radical (unpaired) electrons. The van der Waals surface area contributed by atoms with Crippen LogP contribution in [0, 0.1) is 6.92 Å². The summed E-state index contributed by atoms with van der Waals surface area (Å²) in [6, 6.07) is 13.1. The Hall–Kier alpha value is -2.89. The highest BCUT2D eigenvalue weighted by Gasteiger charge is 2.08. The van der Waals surface area contributed by atoms with Gasteiger partial charge in [-0.1, -0.05) is 18.2 Å². The zero-order chi connectivity index (χ0) is 18.9. The topological polar surface area (TPSA) is 75.1 Å². The third-order valence-corrected chi connectivity index (χ3v) is 3.94. The first kappa shape index (κ1) is 19.4. The van der Waals surface area contributed by atoms with Crippen molar-refractivity contribution in [1.29, 1.82) is 0 Å². The molecule has 2 aromatic rings. The van der Waals surface area contributed by atoms with Crippen molar-refractivity contribution < 1.29 is 14.6 Å². The lowest BCUT2D eigenvalue weighted by Crippen LogP contribution is -2.41. The summed E-state index contributed by atoms with van der Waals surface area (Å²) in [6.45, 7) is 5.05. The molecule has 0 aromatic heterocycles. The van der Waals surface area contributed by atoms with Gasteiger partial charge in [-0.15, -0.1) is 0 Å². The van der Waals surface area contributed by atoms with Gasteiger partial charge in [0.1, 0.15) is 23.4 Å². The molecular weight excluding hydrogens is 330 g/mol. The molecule has 0 bridgehead atoms. The maximum absolute atomic E-state index is 9.95. The van der Waals surface area contributed by atoms with Crippen LogP contribution in [0.5, 0.6) is 17.2 Å². The average molecular weight is 357 g/mol. The number of hydrogen-bond acceptors (Lipinski definition) is 4. The number of hydrogen-bond donors (Lipinski definition) is 3. The minimum atomic E-state index is -0.0279. The molecule has 0 spiro atoms. The standard InChI is InChI=1S/C20H27N3O3/c1-14-7-5-6-8-19(14)26-15(2)12-22-20(21-3)23-13-16-11-17(25-4)9-10-18(16)24/h5-11,15,24H,12-13H2,1-4H3,(H2,21,22,23). The van der Waals surface area contributed by atoms with E-state index in [1.807, 2.05) is 38.1 Å². The van der Waals surface area contributed by atoms with Gasteiger partial charge in [-0.3, -0.25) is 4.99 Å². The second-order valence-electron chi connectivity index (χ2n) is 6.00. The minimum Gasteiger partial charge on any atom is -0.508 e. The zero-order valence-electron chi connectivity index (χ0n) is 15.7. The summed E-state index contributed by atoms with van der Waals surface area (Å²) in [5, 5.41) is 16.4. The number of nitrogens with one attached hydrogen (secondary N) is 2. The van der Waals surface area contributed by atoms with Crippen molar-refractivity contribution in [3.63, 3.8) is 0 Å². The van der Waals surface area contributed by atoms with Crippen LogP contribution in [-0.2, 0) is 6.54 Å². The lowest BCUT2D eigenvalue weighted by molar-refractivity contribution is 0.222. The molecule has 0 aliphatic heterocycles. The number of benzene rings is 2. The molecule has 140 valence electrons.